The third-order valence-corrected chi connectivity index (χ3v) is 5.26. The van der Waals surface area contributed by atoms with Crippen LogP contribution in [0.4, 0.5) is 0 Å². The molecule has 0 saturated heterocycles. The summed E-state index contributed by atoms with van der Waals surface area (Å²) in [4.78, 5) is 33.1. The molecule has 0 radical (unpaired) electrons. The maximum atomic E-state index is 11.8. The van der Waals surface area contributed by atoms with Crippen LogP contribution in [-0.2, 0) is 14.4 Å². The van der Waals surface area contributed by atoms with Crippen molar-refractivity contribution in [3.8, 4) is 0 Å². The molecule has 0 aromatic heterocycles. The molecule has 31 heavy (non-hydrogen) atoms. The van der Waals surface area contributed by atoms with Crippen LogP contribution in [0.25, 0.3) is 0 Å². The molecule has 0 rings (SSSR count). The number of nitrogens with one attached hydrogen (secondary N) is 1. The van der Waals surface area contributed by atoms with Gasteiger partial charge in [-0.2, -0.15) is 0 Å². The zero-order valence-corrected chi connectivity index (χ0v) is 20.3. The zero-order valence-electron chi connectivity index (χ0n) is 20.3. The van der Waals surface area contributed by atoms with E-state index in [4.69, 9.17) is 0 Å². The van der Waals surface area contributed by atoms with Crippen molar-refractivity contribution in [2.45, 2.75) is 129 Å². The van der Waals surface area contributed by atoms with E-state index in [1.54, 1.807) is 0 Å². The van der Waals surface area contributed by atoms with Crippen LogP contribution < -0.4 is 53.3 Å². The van der Waals surface area contributed by atoms with Gasteiger partial charge >= 0.3 is 37.7 Å². The number of hydrogen-bond acceptors (Lipinski definition) is 5. The number of rotatable bonds is 21. The SMILES string of the molecule is CCCCCCCCCCCCCCCCCC(=O)N[C@@H](CCC(=O)[O-])C(=O)[O-].[Li+].[Li+]. The van der Waals surface area contributed by atoms with Gasteiger partial charge in [0, 0.05) is 12.4 Å². The maximum Gasteiger partial charge on any atom is 1.00 e. The van der Waals surface area contributed by atoms with Crippen molar-refractivity contribution in [1.29, 1.82) is 0 Å². The van der Waals surface area contributed by atoms with E-state index < -0.39 is 24.4 Å². The molecule has 0 bridgehead atoms. The minimum absolute atomic E-state index is 0. The monoisotopic (exact) mass is 425 g/mol. The van der Waals surface area contributed by atoms with E-state index in [9.17, 15) is 24.6 Å². The Morgan fingerprint density at radius 3 is 1.39 bits per heavy atom. The van der Waals surface area contributed by atoms with Gasteiger partial charge in [-0.25, -0.2) is 0 Å². The molecule has 0 aliphatic rings. The Morgan fingerprint density at radius 2 is 1.03 bits per heavy atom. The van der Waals surface area contributed by atoms with Crippen molar-refractivity contribution in [3.63, 3.8) is 0 Å². The Morgan fingerprint density at radius 1 is 0.645 bits per heavy atom. The first kappa shape index (κ1) is 35.2. The zero-order chi connectivity index (χ0) is 21.7. The Balaban J connectivity index is -0.00000392. The molecule has 0 aromatic rings. The first-order valence-electron chi connectivity index (χ1n) is 11.7. The topological polar surface area (TPSA) is 109 Å². The van der Waals surface area contributed by atoms with Gasteiger partial charge in [-0.1, -0.05) is 96.8 Å². The van der Waals surface area contributed by atoms with E-state index >= 15 is 0 Å². The van der Waals surface area contributed by atoms with E-state index in [1.165, 1.54) is 77.0 Å². The molecular formula is C23H41Li2NO5. The molecule has 1 atom stereocenters. The second-order valence-corrected chi connectivity index (χ2v) is 8.05. The Hall–Kier alpha value is -0.395. The quantitative estimate of drug-likeness (QED) is 0.156. The predicted octanol–water partition coefficient (Wildman–Crippen LogP) is -2.98. The minimum atomic E-state index is -1.46. The van der Waals surface area contributed by atoms with Gasteiger partial charge in [0.05, 0.1) is 12.0 Å². The summed E-state index contributed by atoms with van der Waals surface area (Å²) in [5.41, 5.74) is 0. The molecular weight excluding hydrogens is 384 g/mol. The molecule has 0 aliphatic heterocycles. The van der Waals surface area contributed by atoms with Crippen molar-refractivity contribution in [2.24, 2.45) is 0 Å². The number of amides is 1. The Labute approximate surface area is 213 Å². The van der Waals surface area contributed by atoms with Crippen LogP contribution in [0.15, 0.2) is 0 Å². The third kappa shape index (κ3) is 25.7. The van der Waals surface area contributed by atoms with Crippen LogP contribution >= 0.6 is 0 Å². The van der Waals surface area contributed by atoms with Gasteiger partial charge in [-0.15, -0.1) is 0 Å². The van der Waals surface area contributed by atoms with Gasteiger partial charge in [0.15, 0.2) is 0 Å². The first-order chi connectivity index (χ1) is 14.0. The summed E-state index contributed by atoms with van der Waals surface area (Å²) in [5, 5.41) is 23.7. The molecule has 6 nitrogen and oxygen atoms in total. The molecule has 170 valence electrons. The smallest absolute Gasteiger partial charge is 0.550 e. The van der Waals surface area contributed by atoms with Gasteiger partial charge in [0.2, 0.25) is 5.91 Å². The average Bonchev–Trinajstić information content (AvgIpc) is 2.67. The van der Waals surface area contributed by atoms with Crippen LogP contribution in [0.2, 0.25) is 0 Å². The first-order valence-corrected chi connectivity index (χ1v) is 11.7. The number of carbonyl (C=O) groups is 3. The van der Waals surface area contributed by atoms with Crippen LogP contribution in [0.3, 0.4) is 0 Å². The fourth-order valence-electron chi connectivity index (χ4n) is 3.43. The Kier molecular flexibility index (Phi) is 29.4. The second-order valence-electron chi connectivity index (χ2n) is 8.05. The van der Waals surface area contributed by atoms with Crippen molar-refractivity contribution in [1.82, 2.24) is 5.32 Å². The predicted molar refractivity (Wildman–Crippen MR) is 111 cm³/mol. The molecule has 0 heterocycles. The van der Waals surface area contributed by atoms with E-state index in [-0.39, 0.29) is 56.5 Å². The molecule has 0 fully saturated rings. The summed E-state index contributed by atoms with van der Waals surface area (Å²) in [6.45, 7) is 2.25. The van der Waals surface area contributed by atoms with Crippen LogP contribution in [0.5, 0.6) is 0 Å². The molecule has 1 amide bonds. The fraction of sp³-hybridized carbons (Fsp3) is 0.870. The number of unbranched alkanes of at least 4 members (excludes halogenated alkanes) is 14. The molecule has 0 saturated carbocycles. The maximum absolute atomic E-state index is 11.8. The molecule has 8 heteroatoms. The van der Waals surface area contributed by atoms with Crippen LogP contribution in [-0.4, -0.2) is 23.9 Å². The van der Waals surface area contributed by atoms with Crippen molar-refractivity contribution >= 4 is 17.8 Å². The number of carboxylic acids is 2. The van der Waals surface area contributed by atoms with Crippen molar-refractivity contribution < 1.29 is 62.3 Å². The summed E-state index contributed by atoms with van der Waals surface area (Å²) < 4.78 is 0. The fourth-order valence-corrected chi connectivity index (χ4v) is 3.43. The average molecular weight is 425 g/mol. The van der Waals surface area contributed by atoms with Gasteiger partial charge in [-0.05, 0) is 19.3 Å². The van der Waals surface area contributed by atoms with E-state index in [0.29, 0.717) is 6.42 Å². The molecule has 1 N–H and O–H groups in total. The second kappa shape index (κ2) is 25.9. The van der Waals surface area contributed by atoms with Gasteiger partial charge in [-0.3, -0.25) is 4.79 Å². The van der Waals surface area contributed by atoms with Gasteiger partial charge in [0.1, 0.15) is 0 Å². The van der Waals surface area contributed by atoms with Crippen LogP contribution in [0.1, 0.15) is 122 Å². The summed E-state index contributed by atoms with van der Waals surface area (Å²) >= 11 is 0. The molecule has 0 aromatic carbocycles. The normalized spacial score (nSPS) is 11.1. The number of carboxylic acid groups (broad SMARTS) is 2. The van der Waals surface area contributed by atoms with E-state index in [0.717, 1.165) is 12.8 Å². The standard InChI is InChI=1S/C23H43NO5.2Li/c1-2-3-4-5-6-7-8-9-10-11-12-13-14-15-16-17-21(25)24-20(23(28)29)18-19-22(26)27;;/h20H,2-19H2,1H3,(H,24,25)(H,26,27)(H,28,29);;/q;2*+1/p-2/t20-;;/m0../s1. The molecule has 0 spiro atoms. The van der Waals surface area contributed by atoms with Crippen LogP contribution in [0, 0.1) is 0 Å². The minimum Gasteiger partial charge on any atom is -0.550 e. The number of carbonyl (C=O) groups excluding carboxylic acids is 3. The summed E-state index contributed by atoms with van der Waals surface area (Å²) in [6.07, 6.45) is 18.3. The summed E-state index contributed by atoms with van der Waals surface area (Å²) in [5.74, 6) is -3.17. The number of aliphatic carboxylic acids is 2. The van der Waals surface area contributed by atoms with Gasteiger partial charge < -0.3 is 25.1 Å². The summed E-state index contributed by atoms with van der Waals surface area (Å²) in [6, 6.07) is -1.27. The van der Waals surface area contributed by atoms with Crippen molar-refractivity contribution in [2.75, 3.05) is 0 Å². The summed E-state index contributed by atoms with van der Waals surface area (Å²) in [7, 11) is 0. The molecule has 0 aliphatic carbocycles. The van der Waals surface area contributed by atoms with E-state index in [2.05, 4.69) is 12.2 Å². The Bertz CT molecular complexity index is 450. The molecule has 0 unspecified atom stereocenters. The number of hydrogen-bond donors (Lipinski definition) is 1. The largest absolute Gasteiger partial charge is 1.00 e. The van der Waals surface area contributed by atoms with Crippen molar-refractivity contribution in [3.05, 3.63) is 0 Å². The van der Waals surface area contributed by atoms with Gasteiger partial charge in [0.25, 0.3) is 0 Å². The third-order valence-electron chi connectivity index (χ3n) is 5.26. The van der Waals surface area contributed by atoms with E-state index in [1.807, 2.05) is 0 Å².